The molecule has 8 nitrogen and oxygen atoms in total. The summed E-state index contributed by atoms with van der Waals surface area (Å²) >= 11 is 0. The molecule has 0 unspecified atom stereocenters. The Bertz CT molecular complexity index is 951. The van der Waals surface area contributed by atoms with Crippen molar-refractivity contribution in [3.05, 3.63) is 30.0 Å². The summed E-state index contributed by atoms with van der Waals surface area (Å²) in [7, 11) is 3.06. The third-order valence-electron chi connectivity index (χ3n) is 4.98. The first-order valence-corrected chi connectivity index (χ1v) is 10.3. The van der Waals surface area contributed by atoms with Crippen LogP contribution in [0.2, 0.25) is 0 Å². The van der Waals surface area contributed by atoms with Crippen molar-refractivity contribution in [2.24, 2.45) is 13.0 Å². The summed E-state index contributed by atoms with van der Waals surface area (Å²) in [6, 6.07) is 7.07. The largest absolute Gasteiger partial charge is 0.497 e. The Morgan fingerprint density at radius 3 is 2.74 bits per heavy atom. The summed E-state index contributed by atoms with van der Waals surface area (Å²) in [6.07, 6.45) is 0. The molecule has 27 heavy (non-hydrogen) atoms. The van der Waals surface area contributed by atoms with Crippen LogP contribution in [0.4, 0.5) is 0 Å². The average molecular weight is 395 g/mol. The molecule has 1 aromatic heterocycles. The highest BCUT2D eigenvalue weighted by Gasteiger charge is 2.34. The van der Waals surface area contributed by atoms with Crippen molar-refractivity contribution < 1.29 is 22.7 Å². The number of hydrogen-bond acceptors (Lipinski definition) is 5. The number of nitrogens with zero attached hydrogens (tertiary/aromatic N) is 2. The van der Waals surface area contributed by atoms with Crippen LogP contribution in [-0.2, 0) is 21.8 Å². The molecule has 0 aliphatic carbocycles. The second-order valence-corrected chi connectivity index (χ2v) is 9.18. The van der Waals surface area contributed by atoms with Crippen LogP contribution in [0.5, 0.6) is 5.75 Å². The van der Waals surface area contributed by atoms with Crippen LogP contribution in [0.15, 0.2) is 24.3 Å². The third kappa shape index (κ3) is 3.95. The summed E-state index contributed by atoms with van der Waals surface area (Å²) in [5, 5.41) is 3.84. The van der Waals surface area contributed by atoms with Gasteiger partial charge in [0.05, 0.1) is 32.1 Å². The zero-order valence-corrected chi connectivity index (χ0v) is 16.7. The number of aryl methyl sites for hydroxylation is 1. The zero-order chi connectivity index (χ0) is 19.8. The van der Waals surface area contributed by atoms with Crippen molar-refractivity contribution >= 4 is 26.8 Å². The molecular weight excluding hydrogens is 370 g/mol. The second kappa shape index (κ2) is 7.49. The molecule has 0 spiro atoms. The highest BCUT2D eigenvalue weighted by molar-refractivity contribution is 7.89. The molecule has 1 aliphatic heterocycles. The van der Waals surface area contributed by atoms with E-state index in [0.29, 0.717) is 18.9 Å². The molecule has 1 fully saturated rings. The minimum Gasteiger partial charge on any atom is -0.497 e. The van der Waals surface area contributed by atoms with Crippen LogP contribution in [0, 0.1) is 5.92 Å². The topological polar surface area (TPSA) is 89.9 Å². The lowest BCUT2D eigenvalue weighted by molar-refractivity contribution is 0.0918. The van der Waals surface area contributed by atoms with Crippen molar-refractivity contribution in [3.63, 3.8) is 0 Å². The van der Waals surface area contributed by atoms with Crippen LogP contribution in [-0.4, -0.2) is 69.4 Å². The van der Waals surface area contributed by atoms with Crippen LogP contribution in [0.1, 0.15) is 10.5 Å². The van der Waals surface area contributed by atoms with Crippen LogP contribution in [0.3, 0.4) is 0 Å². The molecule has 0 radical (unpaired) electrons. The van der Waals surface area contributed by atoms with Gasteiger partial charge in [-0.15, -0.1) is 0 Å². The SMILES string of the molecule is COc1ccc2c(c1)cc(C(=O)N[C@@H]1COC[C@H]1CS(=O)(=O)N(C)C)n2C. The van der Waals surface area contributed by atoms with E-state index >= 15 is 0 Å². The number of rotatable bonds is 6. The average Bonchev–Trinajstić information content (AvgIpc) is 3.18. The highest BCUT2D eigenvalue weighted by atomic mass is 32.2. The first-order valence-electron chi connectivity index (χ1n) is 8.65. The van der Waals surface area contributed by atoms with Gasteiger partial charge in [-0.25, -0.2) is 12.7 Å². The Morgan fingerprint density at radius 2 is 2.07 bits per heavy atom. The Morgan fingerprint density at radius 1 is 1.33 bits per heavy atom. The lowest BCUT2D eigenvalue weighted by Gasteiger charge is -2.21. The van der Waals surface area contributed by atoms with Gasteiger partial charge in [0.2, 0.25) is 10.0 Å². The molecule has 0 saturated carbocycles. The molecular formula is C18H25N3O5S. The highest BCUT2D eigenvalue weighted by Crippen LogP contribution is 2.24. The lowest BCUT2D eigenvalue weighted by Crippen LogP contribution is -2.44. The van der Waals surface area contributed by atoms with Crippen molar-refractivity contribution in [3.8, 4) is 5.75 Å². The molecule has 2 aromatic rings. The molecule has 1 aromatic carbocycles. The standard InChI is InChI=1S/C18H25N3O5S/c1-20(2)27(23,24)11-13-9-26-10-15(13)19-18(22)17-8-12-7-14(25-4)5-6-16(12)21(17)3/h5-8,13,15H,9-11H2,1-4H3,(H,19,22)/t13-,15+/m0/s1. The van der Waals surface area contributed by atoms with E-state index in [0.717, 1.165) is 16.7 Å². The summed E-state index contributed by atoms with van der Waals surface area (Å²) in [5.74, 6) is 0.127. The maximum absolute atomic E-state index is 12.8. The molecule has 148 valence electrons. The van der Waals surface area contributed by atoms with E-state index in [1.807, 2.05) is 29.8 Å². The predicted molar refractivity (Wildman–Crippen MR) is 103 cm³/mol. The number of carbonyl (C=O) groups excluding carboxylic acids is 1. The molecule has 2 heterocycles. The van der Waals surface area contributed by atoms with Crippen molar-refractivity contribution in [1.29, 1.82) is 0 Å². The first kappa shape index (κ1) is 19.7. The van der Waals surface area contributed by atoms with E-state index in [9.17, 15) is 13.2 Å². The number of ether oxygens (including phenoxy) is 2. The van der Waals surface area contributed by atoms with Gasteiger partial charge in [-0.3, -0.25) is 4.79 Å². The molecule has 1 N–H and O–H groups in total. The quantitative estimate of drug-likeness (QED) is 0.782. The Hall–Kier alpha value is -2.10. The van der Waals surface area contributed by atoms with Gasteiger partial charge in [-0.2, -0.15) is 0 Å². The zero-order valence-electron chi connectivity index (χ0n) is 15.9. The minimum atomic E-state index is -3.37. The summed E-state index contributed by atoms with van der Waals surface area (Å²) in [4.78, 5) is 12.8. The molecule has 2 atom stereocenters. The predicted octanol–water partition coefficient (Wildman–Crippen LogP) is 0.823. The van der Waals surface area contributed by atoms with Crippen molar-refractivity contribution in [2.75, 3.05) is 40.2 Å². The summed E-state index contributed by atoms with van der Waals surface area (Å²) < 4.78 is 38.0. The van der Waals surface area contributed by atoms with E-state index in [2.05, 4.69) is 5.32 Å². The molecule has 1 aliphatic rings. The van der Waals surface area contributed by atoms with E-state index < -0.39 is 10.0 Å². The van der Waals surface area contributed by atoms with Gasteiger partial charge in [-0.1, -0.05) is 0 Å². The number of nitrogens with one attached hydrogen (secondary N) is 1. The van der Waals surface area contributed by atoms with E-state index in [1.54, 1.807) is 13.2 Å². The van der Waals surface area contributed by atoms with Crippen molar-refractivity contribution in [1.82, 2.24) is 14.2 Å². The van der Waals surface area contributed by atoms with Crippen LogP contribution in [0.25, 0.3) is 10.9 Å². The Balaban J connectivity index is 1.78. The molecule has 0 bridgehead atoms. The monoisotopic (exact) mass is 395 g/mol. The van der Waals surface area contributed by atoms with Gasteiger partial charge in [0.15, 0.2) is 0 Å². The van der Waals surface area contributed by atoms with Gasteiger partial charge in [-0.05, 0) is 24.3 Å². The number of aromatic nitrogens is 1. The fourth-order valence-corrected chi connectivity index (χ4v) is 4.42. The van der Waals surface area contributed by atoms with Gasteiger partial charge in [0.25, 0.3) is 5.91 Å². The fraction of sp³-hybridized carbons (Fsp3) is 0.500. The lowest BCUT2D eigenvalue weighted by atomic mass is 10.1. The van der Waals surface area contributed by atoms with Gasteiger partial charge in [0.1, 0.15) is 11.4 Å². The Kier molecular flexibility index (Phi) is 5.45. The van der Waals surface area contributed by atoms with Crippen LogP contribution >= 0.6 is 0 Å². The number of methoxy groups -OCH3 is 1. The second-order valence-electron chi connectivity index (χ2n) is 6.95. The van der Waals surface area contributed by atoms with E-state index in [-0.39, 0.29) is 23.6 Å². The normalized spacial score (nSPS) is 20.3. The number of sulfonamides is 1. The number of fused-ring (bicyclic) bond motifs is 1. The molecule has 1 saturated heterocycles. The summed E-state index contributed by atoms with van der Waals surface area (Å²) in [6.45, 7) is 0.613. The Labute approximate surface area is 159 Å². The number of benzene rings is 1. The first-order chi connectivity index (χ1) is 12.7. The van der Waals surface area contributed by atoms with Gasteiger partial charge in [0, 0.05) is 38.0 Å². The fourth-order valence-electron chi connectivity index (χ4n) is 3.26. The number of hydrogen-bond donors (Lipinski definition) is 1. The number of amides is 1. The molecule has 1 amide bonds. The van der Waals surface area contributed by atoms with Crippen LogP contribution < -0.4 is 10.1 Å². The van der Waals surface area contributed by atoms with Crippen molar-refractivity contribution in [2.45, 2.75) is 6.04 Å². The van der Waals surface area contributed by atoms with E-state index in [1.165, 1.54) is 18.4 Å². The number of carbonyl (C=O) groups is 1. The molecule has 3 rings (SSSR count). The van der Waals surface area contributed by atoms with E-state index in [4.69, 9.17) is 9.47 Å². The minimum absolute atomic E-state index is 0.0583. The van der Waals surface area contributed by atoms with Gasteiger partial charge < -0.3 is 19.4 Å². The molecule has 9 heteroatoms. The van der Waals surface area contributed by atoms with Gasteiger partial charge >= 0.3 is 0 Å². The maximum atomic E-state index is 12.8. The third-order valence-corrected chi connectivity index (χ3v) is 6.94. The maximum Gasteiger partial charge on any atom is 0.268 e. The summed E-state index contributed by atoms with van der Waals surface area (Å²) in [5.41, 5.74) is 1.41. The smallest absolute Gasteiger partial charge is 0.268 e.